The molecule has 4 nitrogen and oxygen atoms in total. The maximum atomic E-state index is 11.0. The van der Waals surface area contributed by atoms with Gasteiger partial charge >= 0.3 is 0 Å². The van der Waals surface area contributed by atoms with E-state index in [1.54, 1.807) is 6.20 Å². The summed E-state index contributed by atoms with van der Waals surface area (Å²) in [5.41, 5.74) is 0.941. The molecular formula is C10H15N3O. The van der Waals surface area contributed by atoms with Crippen molar-refractivity contribution in [1.29, 1.82) is 0 Å². The normalized spacial score (nSPS) is 9.79. The summed E-state index contributed by atoms with van der Waals surface area (Å²) in [5.74, 6) is 0.0171. The summed E-state index contributed by atoms with van der Waals surface area (Å²) in [6, 6.07) is 5.72. The van der Waals surface area contributed by atoms with Crippen LogP contribution in [-0.2, 0) is 11.3 Å². The largest absolute Gasteiger partial charge is 0.355 e. The van der Waals surface area contributed by atoms with Gasteiger partial charge in [0.25, 0.3) is 0 Å². The maximum absolute atomic E-state index is 11.0. The molecule has 1 rings (SSSR count). The van der Waals surface area contributed by atoms with Crippen LogP contribution in [-0.4, -0.2) is 24.0 Å². The number of rotatable bonds is 5. The van der Waals surface area contributed by atoms with E-state index in [-0.39, 0.29) is 5.91 Å². The number of carbonyl (C=O) groups is 1. The monoisotopic (exact) mass is 193 g/mol. The van der Waals surface area contributed by atoms with Gasteiger partial charge in [0.15, 0.2) is 0 Å². The molecule has 76 valence electrons. The van der Waals surface area contributed by atoms with E-state index < -0.39 is 0 Å². The Kier molecular flexibility index (Phi) is 4.64. The smallest absolute Gasteiger partial charge is 0.233 e. The van der Waals surface area contributed by atoms with Crippen molar-refractivity contribution in [3.8, 4) is 0 Å². The zero-order valence-electron chi connectivity index (χ0n) is 8.29. The minimum atomic E-state index is 0.0171. The standard InChI is InChI=1S/C10H15N3O/c1-2-12-10(14)8-11-7-9-5-3-4-6-13-9/h3-6,11H,2,7-8H2,1H3,(H,12,14). The second-order valence-corrected chi connectivity index (χ2v) is 2.88. The molecule has 0 aromatic carbocycles. The summed E-state index contributed by atoms with van der Waals surface area (Å²) in [7, 11) is 0. The van der Waals surface area contributed by atoms with Crippen molar-refractivity contribution in [2.75, 3.05) is 13.1 Å². The highest BCUT2D eigenvalue weighted by atomic mass is 16.1. The van der Waals surface area contributed by atoms with Gasteiger partial charge in [-0.2, -0.15) is 0 Å². The summed E-state index contributed by atoms with van der Waals surface area (Å²) in [6.45, 7) is 3.53. The van der Waals surface area contributed by atoms with Crippen LogP contribution in [0.5, 0.6) is 0 Å². The van der Waals surface area contributed by atoms with E-state index in [9.17, 15) is 4.79 Å². The molecule has 0 saturated heterocycles. The zero-order valence-corrected chi connectivity index (χ0v) is 8.29. The van der Waals surface area contributed by atoms with E-state index in [1.807, 2.05) is 25.1 Å². The highest BCUT2D eigenvalue weighted by Gasteiger charge is 1.98. The Morgan fingerprint density at radius 1 is 1.50 bits per heavy atom. The Morgan fingerprint density at radius 3 is 3.00 bits per heavy atom. The molecule has 0 aliphatic rings. The van der Waals surface area contributed by atoms with E-state index in [2.05, 4.69) is 15.6 Å². The predicted molar refractivity (Wildman–Crippen MR) is 54.6 cm³/mol. The second kappa shape index (κ2) is 6.10. The van der Waals surface area contributed by atoms with Gasteiger partial charge in [-0.3, -0.25) is 9.78 Å². The Bertz CT molecular complexity index is 274. The summed E-state index contributed by atoms with van der Waals surface area (Å²) in [4.78, 5) is 15.2. The molecule has 1 heterocycles. The molecule has 0 aliphatic heterocycles. The molecule has 0 spiro atoms. The summed E-state index contributed by atoms with van der Waals surface area (Å²) >= 11 is 0. The third-order valence-corrected chi connectivity index (χ3v) is 1.69. The summed E-state index contributed by atoms with van der Waals surface area (Å²) < 4.78 is 0. The summed E-state index contributed by atoms with van der Waals surface area (Å²) in [5, 5.41) is 5.72. The first-order valence-electron chi connectivity index (χ1n) is 4.70. The van der Waals surface area contributed by atoms with Crippen LogP contribution in [0.4, 0.5) is 0 Å². The molecule has 0 unspecified atom stereocenters. The fourth-order valence-corrected chi connectivity index (χ4v) is 1.07. The molecule has 0 radical (unpaired) electrons. The molecule has 0 aliphatic carbocycles. The number of nitrogens with zero attached hydrogens (tertiary/aromatic N) is 1. The number of nitrogens with one attached hydrogen (secondary N) is 2. The van der Waals surface area contributed by atoms with Gasteiger partial charge < -0.3 is 10.6 Å². The molecule has 0 bridgehead atoms. The van der Waals surface area contributed by atoms with Crippen molar-refractivity contribution in [2.24, 2.45) is 0 Å². The molecular weight excluding hydrogens is 178 g/mol. The van der Waals surface area contributed by atoms with Crippen LogP contribution < -0.4 is 10.6 Å². The Morgan fingerprint density at radius 2 is 2.36 bits per heavy atom. The fourth-order valence-electron chi connectivity index (χ4n) is 1.07. The van der Waals surface area contributed by atoms with Gasteiger partial charge in [-0.05, 0) is 19.1 Å². The lowest BCUT2D eigenvalue weighted by Crippen LogP contribution is -2.33. The molecule has 14 heavy (non-hydrogen) atoms. The van der Waals surface area contributed by atoms with Crippen molar-refractivity contribution in [1.82, 2.24) is 15.6 Å². The van der Waals surface area contributed by atoms with Crippen molar-refractivity contribution in [2.45, 2.75) is 13.5 Å². The van der Waals surface area contributed by atoms with Crippen LogP contribution in [0, 0.1) is 0 Å². The van der Waals surface area contributed by atoms with Crippen LogP contribution in [0.1, 0.15) is 12.6 Å². The molecule has 1 aromatic rings. The first kappa shape index (κ1) is 10.7. The number of carbonyl (C=O) groups excluding carboxylic acids is 1. The number of hydrogen-bond acceptors (Lipinski definition) is 3. The number of pyridine rings is 1. The molecule has 0 atom stereocenters. The number of aromatic nitrogens is 1. The van der Waals surface area contributed by atoms with Gasteiger partial charge in [0.1, 0.15) is 0 Å². The highest BCUT2D eigenvalue weighted by Crippen LogP contribution is 1.90. The topological polar surface area (TPSA) is 54.0 Å². The van der Waals surface area contributed by atoms with Gasteiger partial charge in [0, 0.05) is 19.3 Å². The van der Waals surface area contributed by atoms with Crippen LogP contribution in [0.3, 0.4) is 0 Å². The van der Waals surface area contributed by atoms with Crippen molar-refractivity contribution < 1.29 is 4.79 Å². The lowest BCUT2D eigenvalue weighted by atomic mass is 10.3. The SMILES string of the molecule is CCNC(=O)CNCc1ccccn1. The number of amides is 1. The minimum Gasteiger partial charge on any atom is -0.355 e. The number of hydrogen-bond donors (Lipinski definition) is 2. The minimum absolute atomic E-state index is 0.0171. The summed E-state index contributed by atoms with van der Waals surface area (Å²) in [6.07, 6.45) is 1.74. The van der Waals surface area contributed by atoms with Crippen LogP contribution in [0.2, 0.25) is 0 Å². The third-order valence-electron chi connectivity index (χ3n) is 1.69. The first-order valence-corrected chi connectivity index (χ1v) is 4.70. The average molecular weight is 193 g/mol. The van der Waals surface area contributed by atoms with E-state index in [1.165, 1.54) is 0 Å². The molecule has 0 saturated carbocycles. The molecule has 1 aromatic heterocycles. The van der Waals surface area contributed by atoms with E-state index in [0.717, 1.165) is 5.69 Å². The quantitative estimate of drug-likeness (QED) is 0.707. The van der Waals surface area contributed by atoms with Gasteiger partial charge in [0.05, 0.1) is 12.2 Å². The highest BCUT2D eigenvalue weighted by molar-refractivity contribution is 5.77. The van der Waals surface area contributed by atoms with Crippen molar-refractivity contribution in [3.05, 3.63) is 30.1 Å². The van der Waals surface area contributed by atoms with Crippen LogP contribution in [0.15, 0.2) is 24.4 Å². The molecule has 2 N–H and O–H groups in total. The van der Waals surface area contributed by atoms with E-state index >= 15 is 0 Å². The van der Waals surface area contributed by atoms with E-state index in [0.29, 0.717) is 19.6 Å². The van der Waals surface area contributed by atoms with Crippen molar-refractivity contribution in [3.63, 3.8) is 0 Å². The van der Waals surface area contributed by atoms with Gasteiger partial charge in [-0.25, -0.2) is 0 Å². The van der Waals surface area contributed by atoms with Crippen LogP contribution in [0.25, 0.3) is 0 Å². The second-order valence-electron chi connectivity index (χ2n) is 2.88. The Balaban J connectivity index is 2.19. The molecule has 1 amide bonds. The van der Waals surface area contributed by atoms with Gasteiger partial charge in [-0.1, -0.05) is 6.07 Å². The predicted octanol–water partition coefficient (Wildman–Crippen LogP) is 0.307. The lowest BCUT2D eigenvalue weighted by molar-refractivity contribution is -0.120. The van der Waals surface area contributed by atoms with Crippen LogP contribution >= 0.6 is 0 Å². The van der Waals surface area contributed by atoms with Crippen molar-refractivity contribution >= 4 is 5.91 Å². The average Bonchev–Trinajstić information content (AvgIpc) is 2.20. The zero-order chi connectivity index (χ0) is 10.2. The van der Waals surface area contributed by atoms with Gasteiger partial charge in [0.2, 0.25) is 5.91 Å². The third kappa shape index (κ3) is 4.00. The maximum Gasteiger partial charge on any atom is 0.233 e. The molecule has 4 heteroatoms. The number of likely N-dealkylation sites (N-methyl/N-ethyl adjacent to an activating group) is 1. The Labute approximate surface area is 83.7 Å². The fraction of sp³-hybridized carbons (Fsp3) is 0.400. The Hall–Kier alpha value is -1.42. The first-order chi connectivity index (χ1) is 6.83. The lowest BCUT2D eigenvalue weighted by Gasteiger charge is -2.03. The molecule has 0 fully saturated rings. The van der Waals surface area contributed by atoms with Gasteiger partial charge in [-0.15, -0.1) is 0 Å². The van der Waals surface area contributed by atoms with E-state index in [4.69, 9.17) is 0 Å².